The van der Waals surface area contributed by atoms with Crippen molar-refractivity contribution in [3.63, 3.8) is 0 Å². The smallest absolute Gasteiger partial charge is 0.408 e. The molecule has 2 saturated carbocycles. The van der Waals surface area contributed by atoms with Crippen LogP contribution in [0.25, 0.3) is 0 Å². The number of ether oxygens (including phenoxy) is 8. The van der Waals surface area contributed by atoms with E-state index in [0.717, 1.165) is 0 Å². The van der Waals surface area contributed by atoms with Gasteiger partial charge in [-0.15, -0.1) is 0 Å². The number of hydrogen-bond acceptors (Lipinski definition) is 16. The molecule has 3 aliphatic carbocycles. The van der Waals surface area contributed by atoms with E-state index in [-0.39, 0.29) is 35.3 Å². The fraction of sp³-hybridized carbons (Fsp3) is 0.580. The number of Topliss-reactive ketones (excluding diaryl/α,β-unsaturated/α-hetero) is 1. The van der Waals surface area contributed by atoms with E-state index in [1.165, 1.54) is 40.2 Å². The Bertz CT molecular complexity index is 2320. The third-order valence-corrected chi connectivity index (χ3v) is 14.3. The lowest BCUT2D eigenvalue weighted by atomic mass is 9.41. The number of rotatable bonds is 14. The number of methoxy groups -OCH3 is 2. The molecule has 0 spiro atoms. The third kappa shape index (κ3) is 9.03. The summed E-state index contributed by atoms with van der Waals surface area (Å²) in [6.45, 7) is 13.8. The molecule has 2 aromatic rings. The number of aliphatic carboxylic acids is 1. The first-order valence-electron chi connectivity index (χ1n) is 22.5. The summed E-state index contributed by atoms with van der Waals surface area (Å²) < 4.78 is 48.9. The SMILES string of the molecule is CO[C@H]1C(=O)[C@]2(C)[C@@H](OC)C[C@H]3OC[C@@]3(OC(C)=O)[C@H]2[C@@](C)(OC(=O)c2ccccc2)[C@]2(O)C[C@H](OC(=O)[C@H](OC(=O)CCC(=O)O)[C@@H](NC(=O)OC(C)(C)C)c3ccccc3)C(C)=C1C2(C)C. The van der Waals surface area contributed by atoms with Crippen molar-refractivity contribution >= 4 is 41.7 Å². The molecule has 68 heavy (non-hydrogen) atoms. The zero-order valence-electron chi connectivity index (χ0n) is 40.4. The van der Waals surface area contributed by atoms with Crippen molar-refractivity contribution in [3.8, 4) is 0 Å². The Morgan fingerprint density at radius 3 is 2.04 bits per heavy atom. The van der Waals surface area contributed by atoms with Crippen LogP contribution in [0.2, 0.25) is 0 Å². The number of carbonyl (C=O) groups is 7. The minimum atomic E-state index is -2.39. The molecule has 0 aromatic heterocycles. The molecule has 0 unspecified atom stereocenters. The first-order valence-corrected chi connectivity index (χ1v) is 22.5. The predicted molar refractivity (Wildman–Crippen MR) is 239 cm³/mol. The van der Waals surface area contributed by atoms with Gasteiger partial charge < -0.3 is 53.4 Å². The number of benzene rings is 2. The summed E-state index contributed by atoms with van der Waals surface area (Å²) in [6, 6.07) is 14.5. The van der Waals surface area contributed by atoms with Gasteiger partial charge in [-0.1, -0.05) is 62.4 Å². The van der Waals surface area contributed by atoms with Crippen molar-refractivity contribution in [1.82, 2.24) is 5.32 Å². The highest BCUT2D eigenvalue weighted by Crippen LogP contribution is 2.68. The number of carboxylic acids is 1. The lowest BCUT2D eigenvalue weighted by molar-refractivity contribution is -0.367. The Morgan fingerprint density at radius 2 is 1.51 bits per heavy atom. The van der Waals surface area contributed by atoms with Crippen LogP contribution in [0.5, 0.6) is 0 Å². The molecule has 3 fully saturated rings. The van der Waals surface area contributed by atoms with Crippen LogP contribution in [-0.2, 0) is 61.9 Å². The Hall–Kier alpha value is -5.69. The molecule has 6 rings (SSSR count). The predicted octanol–water partition coefficient (Wildman–Crippen LogP) is 5.37. The van der Waals surface area contributed by atoms with E-state index in [4.69, 9.17) is 37.9 Å². The molecular formula is C50H63NO17. The van der Waals surface area contributed by atoms with Gasteiger partial charge in [0.05, 0.1) is 42.4 Å². The largest absolute Gasteiger partial charge is 0.481 e. The summed E-state index contributed by atoms with van der Waals surface area (Å²) in [5, 5.41) is 26.1. The van der Waals surface area contributed by atoms with Gasteiger partial charge in [0.2, 0.25) is 6.10 Å². The van der Waals surface area contributed by atoms with Gasteiger partial charge in [-0.3, -0.25) is 19.2 Å². The molecule has 18 heteroatoms. The second-order valence-electron chi connectivity index (χ2n) is 19.9. The maximum Gasteiger partial charge on any atom is 0.408 e. The van der Waals surface area contributed by atoms with Crippen molar-refractivity contribution < 1.29 is 81.7 Å². The molecule has 2 bridgehead atoms. The Kier molecular flexibility index (Phi) is 14.5. The Morgan fingerprint density at radius 1 is 0.897 bits per heavy atom. The topological polar surface area (TPSA) is 246 Å². The maximum absolute atomic E-state index is 15.9. The second-order valence-corrected chi connectivity index (χ2v) is 19.9. The summed E-state index contributed by atoms with van der Waals surface area (Å²) in [5.41, 5.74) is -9.97. The molecule has 2 aromatic carbocycles. The lowest BCUT2D eigenvalue weighted by Gasteiger charge is -2.71. The molecule has 11 atom stereocenters. The standard InChI is InChI=1S/C50H63NO17/c1-27-31(64-42(58)39(65-35(55)23-22-34(53)54)37(29-18-14-12-15-19-29)51-44(59)68-45(3,4)5)25-50(60)46(6,7)36(27)38(62-11)40(56)47(8)32(61-10)24-33-49(26-63-33,66-28(2)52)43(47)48(50,9)67-41(57)30-20-16-13-17-21-30/h12-21,31-33,37-39,43,60H,22-26H2,1-11H3,(H,51,59)(H,53,54)/t31-,32-,33+,37-,38+,39+,43+,47-,48+,49-,50-/m0/s1. The molecule has 1 heterocycles. The second kappa shape index (κ2) is 19.0. The van der Waals surface area contributed by atoms with Gasteiger partial charge in [0.25, 0.3) is 0 Å². The van der Waals surface area contributed by atoms with Gasteiger partial charge in [0.15, 0.2) is 11.4 Å². The average Bonchev–Trinajstić information content (AvgIpc) is 3.25. The number of carbonyl (C=O) groups excluding carboxylic acids is 6. The van der Waals surface area contributed by atoms with Crippen LogP contribution >= 0.6 is 0 Å². The average molecular weight is 950 g/mol. The third-order valence-electron chi connectivity index (χ3n) is 14.3. The quantitative estimate of drug-likeness (QED) is 0.122. The van der Waals surface area contributed by atoms with Gasteiger partial charge in [0.1, 0.15) is 41.2 Å². The molecule has 3 N–H and O–H groups in total. The number of amides is 1. The van der Waals surface area contributed by atoms with Crippen molar-refractivity contribution in [2.45, 2.75) is 147 Å². The number of hydrogen-bond donors (Lipinski definition) is 3. The molecule has 0 radical (unpaired) electrons. The first kappa shape index (κ1) is 51.7. The highest BCUT2D eigenvalue weighted by atomic mass is 16.6. The zero-order valence-corrected chi connectivity index (χ0v) is 40.4. The van der Waals surface area contributed by atoms with Gasteiger partial charge in [-0.05, 0) is 70.4 Å². The number of alkyl carbamates (subject to hydrolysis) is 1. The minimum absolute atomic E-state index is 0.0637. The van der Waals surface area contributed by atoms with Crippen LogP contribution in [-0.4, -0.2) is 126 Å². The van der Waals surface area contributed by atoms with Gasteiger partial charge >= 0.3 is 35.9 Å². The molecular weight excluding hydrogens is 887 g/mol. The van der Waals surface area contributed by atoms with Crippen molar-refractivity contribution in [1.29, 1.82) is 0 Å². The number of aliphatic hydroxyl groups is 1. The van der Waals surface area contributed by atoms with Gasteiger partial charge in [-0.25, -0.2) is 14.4 Å². The number of esters is 4. The fourth-order valence-corrected chi connectivity index (χ4v) is 11.3. The molecule has 370 valence electrons. The van der Waals surface area contributed by atoms with E-state index in [0.29, 0.717) is 0 Å². The monoisotopic (exact) mass is 949 g/mol. The van der Waals surface area contributed by atoms with E-state index in [2.05, 4.69) is 5.32 Å². The summed E-state index contributed by atoms with van der Waals surface area (Å²) in [6.07, 6.45) is -9.69. The number of ketones is 1. The fourth-order valence-electron chi connectivity index (χ4n) is 11.3. The van der Waals surface area contributed by atoms with Crippen LogP contribution < -0.4 is 5.32 Å². The first-order chi connectivity index (χ1) is 31.7. The summed E-state index contributed by atoms with van der Waals surface area (Å²) in [5.74, 6) is -7.34. The normalized spacial score (nSPS) is 31.4. The van der Waals surface area contributed by atoms with E-state index >= 15 is 9.59 Å². The van der Waals surface area contributed by atoms with E-state index in [1.807, 2.05) is 0 Å². The van der Waals surface area contributed by atoms with Crippen LogP contribution in [0.1, 0.15) is 110 Å². The van der Waals surface area contributed by atoms with Crippen molar-refractivity contribution in [3.05, 3.63) is 82.9 Å². The highest BCUT2D eigenvalue weighted by molar-refractivity contribution is 5.95. The van der Waals surface area contributed by atoms with Crippen LogP contribution in [0.15, 0.2) is 71.8 Å². The van der Waals surface area contributed by atoms with Gasteiger partial charge in [-0.2, -0.15) is 0 Å². The van der Waals surface area contributed by atoms with Crippen LogP contribution in [0.3, 0.4) is 0 Å². The summed E-state index contributed by atoms with van der Waals surface area (Å²) in [4.78, 5) is 97.1. The maximum atomic E-state index is 15.9. The summed E-state index contributed by atoms with van der Waals surface area (Å²) >= 11 is 0. The van der Waals surface area contributed by atoms with Crippen LogP contribution in [0, 0.1) is 16.7 Å². The molecule has 18 nitrogen and oxygen atoms in total. The van der Waals surface area contributed by atoms with Crippen molar-refractivity contribution in [2.24, 2.45) is 16.7 Å². The molecule has 1 saturated heterocycles. The number of nitrogens with one attached hydrogen (secondary N) is 1. The minimum Gasteiger partial charge on any atom is -0.481 e. The lowest BCUT2D eigenvalue weighted by Crippen LogP contribution is -2.85. The number of carboxylic acid groups (broad SMARTS) is 1. The summed E-state index contributed by atoms with van der Waals surface area (Å²) in [7, 11) is 2.72. The van der Waals surface area contributed by atoms with Crippen LogP contribution in [0.4, 0.5) is 4.79 Å². The molecule has 1 amide bonds. The Balaban J connectivity index is 1.58. The molecule has 1 aliphatic heterocycles. The van der Waals surface area contributed by atoms with E-state index in [9.17, 15) is 34.2 Å². The number of fused-ring (bicyclic) bond motifs is 5. The van der Waals surface area contributed by atoms with Crippen molar-refractivity contribution in [2.75, 3.05) is 20.8 Å². The zero-order chi connectivity index (χ0) is 50.4. The highest BCUT2D eigenvalue weighted by Gasteiger charge is 2.82. The van der Waals surface area contributed by atoms with E-state index < -0.39 is 137 Å². The van der Waals surface area contributed by atoms with Gasteiger partial charge in [0, 0.05) is 39.4 Å². The Labute approximate surface area is 395 Å². The van der Waals surface area contributed by atoms with E-state index in [1.54, 1.807) is 97.0 Å². The molecule has 4 aliphatic rings.